The summed E-state index contributed by atoms with van der Waals surface area (Å²) in [6, 6.07) is 2.05. The van der Waals surface area contributed by atoms with Crippen LogP contribution in [-0.4, -0.2) is 35.9 Å². The number of piperidine rings is 1. The van der Waals surface area contributed by atoms with Gasteiger partial charge >= 0.3 is 0 Å². The Morgan fingerprint density at radius 1 is 1.24 bits per heavy atom. The van der Waals surface area contributed by atoms with Crippen LogP contribution in [0.2, 0.25) is 0 Å². The quantitative estimate of drug-likeness (QED) is 0.896. The van der Waals surface area contributed by atoms with Gasteiger partial charge in [-0.15, -0.1) is 0 Å². The molecule has 25 heavy (non-hydrogen) atoms. The molecule has 134 valence electrons. The molecule has 4 nitrogen and oxygen atoms in total. The minimum Gasteiger partial charge on any atom is -0.370 e. The van der Waals surface area contributed by atoms with E-state index in [0.29, 0.717) is 36.0 Å². The van der Waals surface area contributed by atoms with Gasteiger partial charge in [0, 0.05) is 49.1 Å². The van der Waals surface area contributed by atoms with Crippen molar-refractivity contribution in [2.24, 2.45) is 5.73 Å². The predicted molar refractivity (Wildman–Crippen MR) is 97.2 cm³/mol. The number of halogens is 1. The van der Waals surface area contributed by atoms with E-state index in [0.717, 1.165) is 30.5 Å². The van der Waals surface area contributed by atoms with Gasteiger partial charge in [0.25, 0.3) is 0 Å². The summed E-state index contributed by atoms with van der Waals surface area (Å²) >= 11 is 0. The second-order valence-electron chi connectivity index (χ2n) is 7.75. The third-order valence-electron chi connectivity index (χ3n) is 5.72. The second kappa shape index (κ2) is 6.13. The topological polar surface area (TPSA) is 49.6 Å². The number of benzene rings is 1. The largest absolute Gasteiger partial charge is 0.370 e. The van der Waals surface area contributed by atoms with Crippen molar-refractivity contribution >= 4 is 11.5 Å². The van der Waals surface area contributed by atoms with Gasteiger partial charge in [-0.25, -0.2) is 4.39 Å². The van der Waals surface area contributed by atoms with Crippen LogP contribution in [0.4, 0.5) is 10.1 Å². The van der Waals surface area contributed by atoms with E-state index >= 15 is 0 Å². The van der Waals surface area contributed by atoms with Crippen molar-refractivity contribution in [3.8, 4) is 0 Å². The van der Waals surface area contributed by atoms with E-state index in [4.69, 9.17) is 5.73 Å². The first-order chi connectivity index (χ1) is 12.0. The molecule has 5 heteroatoms. The Labute approximate surface area is 148 Å². The van der Waals surface area contributed by atoms with Gasteiger partial charge in [-0.3, -0.25) is 4.79 Å². The van der Waals surface area contributed by atoms with Crippen LogP contribution in [0.25, 0.3) is 0 Å². The molecule has 1 saturated heterocycles. The fourth-order valence-electron chi connectivity index (χ4n) is 4.20. The number of nitrogens with two attached hydrogens (primary N) is 1. The Hall–Kier alpha value is -1.88. The number of ketones is 1. The molecule has 0 radical (unpaired) electrons. The summed E-state index contributed by atoms with van der Waals surface area (Å²) < 4.78 is 15.0. The molecule has 1 aromatic carbocycles. The third-order valence-corrected chi connectivity index (χ3v) is 5.72. The Morgan fingerprint density at radius 2 is 2.00 bits per heavy atom. The molecule has 2 fully saturated rings. The maximum absolute atomic E-state index is 15.0. The fraction of sp³-hybridized carbons (Fsp3) is 0.550. The molecule has 2 N–H and O–H groups in total. The van der Waals surface area contributed by atoms with Crippen LogP contribution >= 0.6 is 0 Å². The van der Waals surface area contributed by atoms with Crippen LogP contribution in [0, 0.1) is 12.7 Å². The van der Waals surface area contributed by atoms with E-state index in [1.54, 1.807) is 0 Å². The average molecular weight is 343 g/mol. The summed E-state index contributed by atoms with van der Waals surface area (Å²) in [5.41, 5.74) is 9.82. The molecule has 1 aromatic rings. The number of Topliss-reactive ketones (excluding diaryl/α,β-unsaturated/α-hetero) is 1. The summed E-state index contributed by atoms with van der Waals surface area (Å²) in [6.45, 7) is 5.96. The number of hydrogen-bond donors (Lipinski definition) is 1. The van der Waals surface area contributed by atoms with E-state index in [9.17, 15) is 9.18 Å². The number of hydrogen-bond acceptors (Lipinski definition) is 4. The molecule has 0 spiro atoms. The predicted octanol–water partition coefficient (Wildman–Crippen LogP) is 3.13. The molecule has 0 amide bonds. The zero-order chi connectivity index (χ0) is 17.7. The minimum absolute atomic E-state index is 0.0537. The number of carbonyl (C=O) groups excluding carboxylic acids is 1. The van der Waals surface area contributed by atoms with Crippen molar-refractivity contribution in [3.63, 3.8) is 0 Å². The van der Waals surface area contributed by atoms with E-state index < -0.39 is 0 Å². The highest BCUT2D eigenvalue weighted by atomic mass is 19.1. The number of anilines is 1. The Bertz CT molecular complexity index is 754. The fourth-order valence-corrected chi connectivity index (χ4v) is 4.20. The molecule has 2 heterocycles. The van der Waals surface area contributed by atoms with Gasteiger partial charge in [-0.2, -0.15) is 0 Å². The van der Waals surface area contributed by atoms with Crippen LogP contribution in [-0.2, 0) is 6.54 Å². The molecule has 2 aliphatic heterocycles. The first-order valence-corrected chi connectivity index (χ1v) is 9.27. The van der Waals surface area contributed by atoms with E-state index in [2.05, 4.69) is 9.80 Å². The van der Waals surface area contributed by atoms with Gasteiger partial charge in [-0.05, 0) is 56.7 Å². The van der Waals surface area contributed by atoms with Crippen molar-refractivity contribution in [2.45, 2.75) is 58.2 Å². The number of fused-ring (bicyclic) bond motifs is 1. The smallest absolute Gasteiger partial charge is 0.190 e. The van der Waals surface area contributed by atoms with Crippen LogP contribution in [0.3, 0.4) is 0 Å². The summed E-state index contributed by atoms with van der Waals surface area (Å²) in [5, 5.41) is 0. The van der Waals surface area contributed by atoms with Crippen LogP contribution in [0.1, 0.15) is 54.1 Å². The van der Waals surface area contributed by atoms with Crippen molar-refractivity contribution in [1.29, 1.82) is 0 Å². The van der Waals surface area contributed by atoms with Gasteiger partial charge in [0.2, 0.25) is 0 Å². The van der Waals surface area contributed by atoms with Gasteiger partial charge in [0.1, 0.15) is 5.82 Å². The summed E-state index contributed by atoms with van der Waals surface area (Å²) in [6.07, 6.45) is 6.26. The number of carbonyl (C=O) groups is 1. The maximum atomic E-state index is 15.0. The zero-order valence-corrected chi connectivity index (χ0v) is 15.0. The number of allylic oxidation sites excluding steroid dienone is 1. The van der Waals surface area contributed by atoms with E-state index in [1.807, 2.05) is 20.0 Å². The number of rotatable bonds is 2. The molecular formula is C20H26FN3O. The molecule has 0 aromatic heterocycles. The number of nitrogens with zero attached hydrogens (tertiary/aromatic N) is 2. The summed E-state index contributed by atoms with van der Waals surface area (Å²) in [7, 11) is 0. The SMILES string of the molecule is CC1=CN(C2CC2)Cc2c(cc(F)c(N3CCCC(N)C3)c2C)C1=O. The second-order valence-corrected chi connectivity index (χ2v) is 7.75. The van der Waals surface area contributed by atoms with Gasteiger partial charge in [-0.1, -0.05) is 0 Å². The Morgan fingerprint density at radius 3 is 2.68 bits per heavy atom. The van der Waals surface area contributed by atoms with Crippen molar-refractivity contribution < 1.29 is 9.18 Å². The lowest BCUT2D eigenvalue weighted by molar-refractivity contribution is 0.103. The van der Waals surface area contributed by atoms with Crippen molar-refractivity contribution in [2.75, 3.05) is 18.0 Å². The van der Waals surface area contributed by atoms with Crippen molar-refractivity contribution in [3.05, 3.63) is 40.3 Å². The Kier molecular flexibility index (Phi) is 4.07. The molecule has 1 saturated carbocycles. The van der Waals surface area contributed by atoms with Gasteiger partial charge in [0.05, 0.1) is 5.69 Å². The minimum atomic E-state index is -0.300. The van der Waals surface area contributed by atoms with Gasteiger partial charge < -0.3 is 15.5 Å². The molecule has 4 rings (SSSR count). The summed E-state index contributed by atoms with van der Waals surface area (Å²) in [5.74, 6) is -0.353. The van der Waals surface area contributed by atoms with Crippen LogP contribution in [0.15, 0.2) is 17.8 Å². The first kappa shape index (κ1) is 16.6. The van der Waals surface area contributed by atoms with Crippen LogP contribution in [0.5, 0.6) is 0 Å². The molecule has 3 aliphatic rings. The highest BCUT2D eigenvalue weighted by Crippen LogP contribution is 2.37. The molecular weight excluding hydrogens is 317 g/mol. The third kappa shape index (κ3) is 2.95. The zero-order valence-electron chi connectivity index (χ0n) is 15.0. The van der Waals surface area contributed by atoms with E-state index in [-0.39, 0.29) is 17.6 Å². The lowest BCUT2D eigenvalue weighted by atomic mass is 9.93. The first-order valence-electron chi connectivity index (χ1n) is 9.27. The molecule has 0 bridgehead atoms. The highest BCUT2D eigenvalue weighted by Gasteiger charge is 2.33. The highest BCUT2D eigenvalue weighted by molar-refractivity contribution is 6.10. The molecule has 1 unspecified atom stereocenters. The molecule has 1 atom stereocenters. The standard InChI is InChI=1S/C20H26FN3O/c1-12-9-24(15-5-6-15)11-17-13(2)19(18(21)8-16(17)20(12)25)23-7-3-4-14(22)10-23/h8-9,14-15H,3-7,10-11,22H2,1-2H3. The van der Waals surface area contributed by atoms with Crippen LogP contribution < -0.4 is 10.6 Å². The molecule has 1 aliphatic carbocycles. The Balaban J connectivity index is 1.79. The normalized spacial score (nSPS) is 24.1. The van der Waals surface area contributed by atoms with Gasteiger partial charge in [0.15, 0.2) is 5.78 Å². The average Bonchev–Trinajstić information content (AvgIpc) is 3.40. The summed E-state index contributed by atoms with van der Waals surface area (Å²) in [4.78, 5) is 17.1. The van der Waals surface area contributed by atoms with E-state index in [1.165, 1.54) is 18.9 Å². The monoisotopic (exact) mass is 343 g/mol. The maximum Gasteiger partial charge on any atom is 0.190 e. The lowest BCUT2D eigenvalue weighted by Gasteiger charge is -2.35. The van der Waals surface area contributed by atoms with Crippen molar-refractivity contribution in [1.82, 2.24) is 4.90 Å². The lowest BCUT2D eigenvalue weighted by Crippen LogP contribution is -2.43.